The summed E-state index contributed by atoms with van der Waals surface area (Å²) in [5, 5.41) is 9.32. The molecule has 0 atom stereocenters. The first-order chi connectivity index (χ1) is 7.85. The van der Waals surface area contributed by atoms with E-state index in [0.29, 0.717) is 0 Å². The van der Waals surface area contributed by atoms with Gasteiger partial charge in [-0.25, -0.2) is 0 Å². The van der Waals surface area contributed by atoms with Crippen molar-refractivity contribution in [2.24, 2.45) is 5.92 Å². The molecule has 16 heavy (non-hydrogen) atoms. The van der Waals surface area contributed by atoms with Crippen LogP contribution < -0.4 is 0 Å². The Bertz CT molecular complexity index is 329. The van der Waals surface area contributed by atoms with Gasteiger partial charge in [0, 0.05) is 13.0 Å². The Morgan fingerprint density at radius 3 is 2.56 bits per heavy atom. The van der Waals surface area contributed by atoms with E-state index in [-0.39, 0.29) is 0 Å². The highest BCUT2D eigenvalue weighted by Gasteiger charge is 2.17. The molecular formula is C12H20BrN3. The van der Waals surface area contributed by atoms with Crippen LogP contribution in [0.2, 0.25) is 0 Å². The molecular weight excluding hydrogens is 266 g/mol. The summed E-state index contributed by atoms with van der Waals surface area (Å²) in [6.07, 6.45) is 8.09. The highest BCUT2D eigenvalue weighted by atomic mass is 79.9. The van der Waals surface area contributed by atoms with Gasteiger partial charge in [-0.05, 0) is 19.3 Å². The number of halogens is 1. The van der Waals surface area contributed by atoms with Crippen LogP contribution in [0.5, 0.6) is 0 Å². The summed E-state index contributed by atoms with van der Waals surface area (Å²) in [5.74, 6) is 3.17. The highest BCUT2D eigenvalue weighted by molar-refractivity contribution is 9.08. The first kappa shape index (κ1) is 12.1. The first-order valence-corrected chi connectivity index (χ1v) is 7.44. The lowest BCUT2D eigenvalue weighted by atomic mass is 10.0. The van der Waals surface area contributed by atoms with Crippen molar-refractivity contribution in [3.63, 3.8) is 0 Å². The molecule has 1 aliphatic rings. The van der Waals surface area contributed by atoms with Gasteiger partial charge in [-0.15, -0.1) is 10.2 Å². The van der Waals surface area contributed by atoms with Gasteiger partial charge in [0.15, 0.2) is 0 Å². The van der Waals surface area contributed by atoms with Gasteiger partial charge in [0.05, 0.1) is 5.33 Å². The molecule has 0 aromatic carbocycles. The Morgan fingerprint density at radius 2 is 1.94 bits per heavy atom. The maximum Gasteiger partial charge on any atom is 0.143 e. The highest BCUT2D eigenvalue weighted by Crippen LogP contribution is 2.28. The molecule has 0 amide bonds. The predicted molar refractivity (Wildman–Crippen MR) is 68.6 cm³/mol. The van der Waals surface area contributed by atoms with E-state index in [1.165, 1.54) is 37.9 Å². The summed E-state index contributed by atoms with van der Waals surface area (Å²) < 4.78 is 2.24. The second-order valence-electron chi connectivity index (χ2n) is 4.60. The molecule has 0 spiro atoms. The van der Waals surface area contributed by atoms with E-state index >= 15 is 0 Å². The van der Waals surface area contributed by atoms with Gasteiger partial charge >= 0.3 is 0 Å². The lowest BCUT2D eigenvalue weighted by molar-refractivity contribution is 0.488. The van der Waals surface area contributed by atoms with Gasteiger partial charge in [-0.2, -0.15) is 0 Å². The molecule has 1 heterocycles. The normalized spacial score (nSPS) is 17.1. The lowest BCUT2D eigenvalue weighted by Gasteiger charge is -2.09. The maximum atomic E-state index is 4.30. The Kier molecular flexibility index (Phi) is 4.38. The lowest BCUT2D eigenvalue weighted by Crippen LogP contribution is -2.07. The third-order valence-electron chi connectivity index (χ3n) is 3.59. The molecule has 2 rings (SSSR count). The molecule has 3 nitrogen and oxygen atoms in total. The standard InChI is InChI=1S/C12H20BrN3/c1-2-16-11(14-15-12(16)9-13)8-7-10-5-3-4-6-10/h10H,2-9H2,1H3. The molecule has 0 radical (unpaired) electrons. The van der Waals surface area contributed by atoms with Crippen molar-refractivity contribution in [3.05, 3.63) is 11.6 Å². The van der Waals surface area contributed by atoms with E-state index < -0.39 is 0 Å². The summed E-state index contributed by atoms with van der Waals surface area (Å²) in [7, 11) is 0. The smallest absolute Gasteiger partial charge is 0.143 e. The van der Waals surface area contributed by atoms with Gasteiger partial charge in [0.1, 0.15) is 11.6 Å². The fourth-order valence-electron chi connectivity index (χ4n) is 2.65. The minimum absolute atomic E-state index is 0.803. The molecule has 0 unspecified atom stereocenters. The largest absolute Gasteiger partial charge is 0.315 e. The molecule has 0 aliphatic heterocycles. The summed E-state index contributed by atoms with van der Waals surface area (Å²) in [4.78, 5) is 0. The number of rotatable bonds is 5. The average Bonchev–Trinajstić information content (AvgIpc) is 2.94. The number of aryl methyl sites for hydroxylation is 1. The van der Waals surface area contributed by atoms with E-state index in [1.54, 1.807) is 0 Å². The van der Waals surface area contributed by atoms with Crippen LogP contribution in [0.15, 0.2) is 0 Å². The van der Waals surface area contributed by atoms with Crippen molar-refractivity contribution in [3.8, 4) is 0 Å². The Hall–Kier alpha value is -0.380. The van der Waals surface area contributed by atoms with Crippen molar-refractivity contribution in [2.45, 2.75) is 57.3 Å². The molecule has 0 bridgehead atoms. The van der Waals surface area contributed by atoms with E-state index in [9.17, 15) is 0 Å². The zero-order chi connectivity index (χ0) is 11.4. The second kappa shape index (κ2) is 5.80. The van der Waals surface area contributed by atoms with Gasteiger partial charge in [-0.1, -0.05) is 41.6 Å². The topological polar surface area (TPSA) is 30.7 Å². The fraction of sp³-hybridized carbons (Fsp3) is 0.833. The Balaban J connectivity index is 1.94. The number of hydrogen-bond acceptors (Lipinski definition) is 2. The predicted octanol–water partition coefficient (Wildman–Crippen LogP) is 3.32. The molecule has 1 aliphatic carbocycles. The first-order valence-electron chi connectivity index (χ1n) is 6.32. The zero-order valence-electron chi connectivity index (χ0n) is 9.95. The number of alkyl halides is 1. The van der Waals surface area contributed by atoms with E-state index in [4.69, 9.17) is 0 Å². The van der Waals surface area contributed by atoms with Crippen LogP contribution in [0.1, 0.15) is 50.7 Å². The SMILES string of the molecule is CCn1c(CBr)nnc1CCC1CCCC1. The summed E-state index contributed by atoms with van der Waals surface area (Å²) in [6.45, 7) is 3.14. The van der Waals surface area contributed by atoms with Crippen molar-refractivity contribution >= 4 is 15.9 Å². The molecule has 1 saturated carbocycles. The van der Waals surface area contributed by atoms with Gasteiger partial charge in [-0.3, -0.25) is 0 Å². The molecule has 0 N–H and O–H groups in total. The van der Waals surface area contributed by atoms with Crippen LogP contribution in [-0.4, -0.2) is 14.8 Å². The third-order valence-corrected chi connectivity index (χ3v) is 4.09. The van der Waals surface area contributed by atoms with Gasteiger partial charge in [0.2, 0.25) is 0 Å². The number of nitrogens with zero attached hydrogens (tertiary/aromatic N) is 3. The quantitative estimate of drug-likeness (QED) is 0.777. The van der Waals surface area contributed by atoms with Crippen molar-refractivity contribution in [1.82, 2.24) is 14.8 Å². The Morgan fingerprint density at radius 1 is 1.25 bits per heavy atom. The minimum atomic E-state index is 0.803. The molecule has 90 valence electrons. The zero-order valence-corrected chi connectivity index (χ0v) is 11.5. The van der Waals surface area contributed by atoms with E-state index in [1.807, 2.05) is 0 Å². The number of aromatic nitrogens is 3. The maximum absolute atomic E-state index is 4.30. The summed E-state index contributed by atoms with van der Waals surface area (Å²) >= 11 is 3.46. The average molecular weight is 286 g/mol. The fourth-order valence-corrected chi connectivity index (χ4v) is 3.07. The molecule has 1 aromatic heterocycles. The summed E-state index contributed by atoms with van der Waals surface area (Å²) in [6, 6.07) is 0. The van der Waals surface area contributed by atoms with Crippen LogP contribution in [0.3, 0.4) is 0 Å². The van der Waals surface area contributed by atoms with E-state index in [0.717, 1.165) is 30.0 Å². The van der Waals surface area contributed by atoms with Crippen molar-refractivity contribution < 1.29 is 0 Å². The van der Waals surface area contributed by atoms with Crippen LogP contribution in [-0.2, 0) is 18.3 Å². The minimum Gasteiger partial charge on any atom is -0.315 e. The molecule has 1 aromatic rings. The third kappa shape index (κ3) is 2.65. The molecule has 0 saturated heterocycles. The molecule has 4 heteroatoms. The van der Waals surface area contributed by atoms with E-state index in [2.05, 4.69) is 37.6 Å². The monoisotopic (exact) mass is 285 g/mol. The van der Waals surface area contributed by atoms with Crippen LogP contribution in [0.4, 0.5) is 0 Å². The summed E-state index contributed by atoms with van der Waals surface area (Å²) in [5.41, 5.74) is 0. The van der Waals surface area contributed by atoms with Crippen LogP contribution >= 0.6 is 15.9 Å². The van der Waals surface area contributed by atoms with Crippen molar-refractivity contribution in [1.29, 1.82) is 0 Å². The second-order valence-corrected chi connectivity index (χ2v) is 5.16. The molecule has 1 fully saturated rings. The number of hydrogen-bond donors (Lipinski definition) is 0. The van der Waals surface area contributed by atoms with Gasteiger partial charge in [0.25, 0.3) is 0 Å². The van der Waals surface area contributed by atoms with Crippen LogP contribution in [0.25, 0.3) is 0 Å². The van der Waals surface area contributed by atoms with Crippen LogP contribution in [0, 0.1) is 5.92 Å². The van der Waals surface area contributed by atoms with Gasteiger partial charge < -0.3 is 4.57 Å². The van der Waals surface area contributed by atoms with Crippen molar-refractivity contribution in [2.75, 3.05) is 0 Å². The Labute approximate surface area is 106 Å².